The second-order valence-electron chi connectivity index (χ2n) is 4.20. The lowest BCUT2D eigenvalue weighted by atomic mass is 10.0. The van der Waals surface area contributed by atoms with Gasteiger partial charge < -0.3 is 5.32 Å². The number of aryl methyl sites for hydroxylation is 1. The number of thiophene rings is 1. The first-order valence-electron chi connectivity index (χ1n) is 5.96. The minimum absolute atomic E-state index is 0.314. The summed E-state index contributed by atoms with van der Waals surface area (Å²) in [5, 5.41) is 7.84. The predicted octanol–water partition coefficient (Wildman–Crippen LogP) is 3.34. The Hall–Kier alpha value is -1.19. The van der Waals surface area contributed by atoms with Crippen LogP contribution in [0, 0.1) is 6.92 Å². The fraction of sp³-hybridized carbons (Fsp3) is 0.357. The lowest BCUT2D eigenvalue weighted by Crippen LogP contribution is -2.23. The van der Waals surface area contributed by atoms with E-state index >= 15 is 0 Å². The molecule has 2 nitrogen and oxygen atoms in total. The molecule has 0 aliphatic heterocycles. The molecule has 0 saturated carbocycles. The van der Waals surface area contributed by atoms with Gasteiger partial charge in [0.05, 0.1) is 11.7 Å². The van der Waals surface area contributed by atoms with E-state index in [4.69, 9.17) is 0 Å². The van der Waals surface area contributed by atoms with Crippen LogP contribution in [0.15, 0.2) is 35.2 Å². The van der Waals surface area contributed by atoms with E-state index in [1.807, 2.05) is 12.3 Å². The first-order chi connectivity index (χ1) is 8.29. The monoisotopic (exact) mass is 246 g/mol. The zero-order valence-corrected chi connectivity index (χ0v) is 11.1. The summed E-state index contributed by atoms with van der Waals surface area (Å²) in [5.74, 6) is 0. The number of rotatable bonds is 5. The highest BCUT2D eigenvalue weighted by molar-refractivity contribution is 7.07. The van der Waals surface area contributed by atoms with E-state index < -0.39 is 0 Å². The van der Waals surface area contributed by atoms with E-state index in [0.29, 0.717) is 6.04 Å². The Morgan fingerprint density at radius 2 is 2.29 bits per heavy atom. The van der Waals surface area contributed by atoms with E-state index in [-0.39, 0.29) is 0 Å². The van der Waals surface area contributed by atoms with Gasteiger partial charge >= 0.3 is 0 Å². The van der Waals surface area contributed by atoms with Crippen LogP contribution < -0.4 is 5.32 Å². The molecule has 3 heteroatoms. The van der Waals surface area contributed by atoms with Gasteiger partial charge in [0.2, 0.25) is 0 Å². The minimum atomic E-state index is 0.314. The Morgan fingerprint density at radius 3 is 2.94 bits per heavy atom. The average Bonchev–Trinajstić information content (AvgIpc) is 2.81. The highest BCUT2D eigenvalue weighted by Crippen LogP contribution is 2.19. The molecule has 2 aromatic heterocycles. The molecule has 0 saturated heterocycles. The third-order valence-electron chi connectivity index (χ3n) is 2.76. The van der Waals surface area contributed by atoms with Gasteiger partial charge in [0, 0.05) is 6.20 Å². The number of nitrogens with zero attached hydrogens (tertiary/aromatic N) is 1. The van der Waals surface area contributed by atoms with Gasteiger partial charge in [0.1, 0.15) is 0 Å². The topological polar surface area (TPSA) is 24.9 Å². The summed E-state index contributed by atoms with van der Waals surface area (Å²) in [5.41, 5.74) is 3.78. The van der Waals surface area contributed by atoms with Crippen LogP contribution in [0.25, 0.3) is 0 Å². The van der Waals surface area contributed by atoms with Crippen LogP contribution in [0.3, 0.4) is 0 Å². The molecule has 1 N–H and O–H groups in total. The van der Waals surface area contributed by atoms with Gasteiger partial charge in [-0.05, 0) is 60.0 Å². The molecule has 2 rings (SSSR count). The summed E-state index contributed by atoms with van der Waals surface area (Å²) in [4.78, 5) is 4.48. The molecule has 0 spiro atoms. The Morgan fingerprint density at radius 1 is 1.41 bits per heavy atom. The van der Waals surface area contributed by atoms with E-state index in [1.165, 1.54) is 11.1 Å². The average molecular weight is 246 g/mol. The largest absolute Gasteiger partial charge is 0.309 e. The molecular formula is C14H18N2S. The second-order valence-corrected chi connectivity index (χ2v) is 4.98. The minimum Gasteiger partial charge on any atom is -0.309 e. The maximum atomic E-state index is 4.48. The summed E-state index contributed by atoms with van der Waals surface area (Å²) in [6.45, 7) is 5.21. The van der Waals surface area contributed by atoms with Gasteiger partial charge in [-0.3, -0.25) is 4.98 Å². The van der Waals surface area contributed by atoms with Crippen molar-refractivity contribution in [2.75, 3.05) is 6.54 Å². The zero-order valence-electron chi connectivity index (χ0n) is 10.3. The van der Waals surface area contributed by atoms with E-state index in [2.05, 4.69) is 47.0 Å². The van der Waals surface area contributed by atoms with Gasteiger partial charge in [-0.25, -0.2) is 0 Å². The van der Waals surface area contributed by atoms with Crippen molar-refractivity contribution in [2.24, 2.45) is 0 Å². The lowest BCUT2D eigenvalue weighted by molar-refractivity contribution is 0.537. The van der Waals surface area contributed by atoms with Crippen molar-refractivity contribution in [1.82, 2.24) is 10.3 Å². The van der Waals surface area contributed by atoms with Crippen molar-refractivity contribution in [2.45, 2.75) is 26.3 Å². The van der Waals surface area contributed by atoms with Crippen molar-refractivity contribution >= 4 is 11.3 Å². The fourth-order valence-electron chi connectivity index (χ4n) is 1.92. The molecular weight excluding hydrogens is 228 g/mol. The van der Waals surface area contributed by atoms with Crippen LogP contribution in [-0.4, -0.2) is 11.5 Å². The SMILES string of the molecule is CCNC(Cc1ccsc1)c1cc(C)ccn1. The molecule has 0 fully saturated rings. The number of likely N-dealkylation sites (N-methyl/N-ethyl adjacent to an activating group) is 1. The van der Waals surface area contributed by atoms with Crippen molar-refractivity contribution in [3.8, 4) is 0 Å². The molecule has 0 aliphatic carbocycles. The van der Waals surface area contributed by atoms with E-state index in [0.717, 1.165) is 18.7 Å². The van der Waals surface area contributed by atoms with Crippen molar-refractivity contribution < 1.29 is 0 Å². The summed E-state index contributed by atoms with van der Waals surface area (Å²) in [7, 11) is 0. The highest BCUT2D eigenvalue weighted by atomic mass is 32.1. The van der Waals surface area contributed by atoms with Gasteiger partial charge in [0.25, 0.3) is 0 Å². The maximum Gasteiger partial charge on any atom is 0.0579 e. The van der Waals surface area contributed by atoms with Crippen LogP contribution in [0.2, 0.25) is 0 Å². The third-order valence-corrected chi connectivity index (χ3v) is 3.50. The lowest BCUT2D eigenvalue weighted by Gasteiger charge is -2.17. The normalized spacial score (nSPS) is 12.6. The van der Waals surface area contributed by atoms with Crippen LogP contribution in [0.4, 0.5) is 0 Å². The molecule has 0 radical (unpaired) electrons. The number of pyridine rings is 1. The molecule has 0 aromatic carbocycles. The second kappa shape index (κ2) is 5.94. The summed E-state index contributed by atoms with van der Waals surface area (Å²) < 4.78 is 0. The smallest absolute Gasteiger partial charge is 0.0579 e. The summed E-state index contributed by atoms with van der Waals surface area (Å²) in [6.07, 6.45) is 2.90. The fourth-order valence-corrected chi connectivity index (χ4v) is 2.60. The van der Waals surface area contributed by atoms with Crippen LogP contribution in [-0.2, 0) is 6.42 Å². The summed E-state index contributed by atoms with van der Waals surface area (Å²) in [6, 6.07) is 6.70. The Balaban J connectivity index is 2.16. The van der Waals surface area contributed by atoms with Crippen molar-refractivity contribution in [3.05, 3.63) is 52.0 Å². The number of hydrogen-bond acceptors (Lipinski definition) is 3. The molecule has 2 heterocycles. The van der Waals surface area contributed by atoms with E-state index in [9.17, 15) is 0 Å². The summed E-state index contributed by atoms with van der Waals surface area (Å²) >= 11 is 1.75. The van der Waals surface area contributed by atoms with Crippen molar-refractivity contribution in [1.29, 1.82) is 0 Å². The molecule has 0 amide bonds. The number of aromatic nitrogens is 1. The number of nitrogens with one attached hydrogen (secondary N) is 1. The Labute approximate surface area is 107 Å². The van der Waals surface area contributed by atoms with Gasteiger partial charge in [-0.15, -0.1) is 0 Å². The van der Waals surface area contributed by atoms with Crippen LogP contribution in [0.1, 0.15) is 29.8 Å². The molecule has 17 heavy (non-hydrogen) atoms. The van der Waals surface area contributed by atoms with Crippen molar-refractivity contribution in [3.63, 3.8) is 0 Å². The molecule has 0 bridgehead atoms. The quantitative estimate of drug-likeness (QED) is 0.875. The first kappa shape index (κ1) is 12.3. The Kier molecular flexibility index (Phi) is 4.29. The highest BCUT2D eigenvalue weighted by Gasteiger charge is 2.12. The van der Waals surface area contributed by atoms with E-state index in [1.54, 1.807) is 11.3 Å². The predicted molar refractivity (Wildman–Crippen MR) is 73.4 cm³/mol. The number of hydrogen-bond donors (Lipinski definition) is 1. The zero-order chi connectivity index (χ0) is 12.1. The molecule has 0 aliphatic rings. The molecule has 2 aromatic rings. The standard InChI is InChI=1S/C14H18N2S/c1-3-15-14(9-12-5-7-17-10-12)13-8-11(2)4-6-16-13/h4-8,10,14-15H,3,9H2,1-2H3. The first-order valence-corrected chi connectivity index (χ1v) is 6.91. The van der Waals surface area contributed by atoms with Crippen LogP contribution >= 0.6 is 11.3 Å². The maximum absolute atomic E-state index is 4.48. The van der Waals surface area contributed by atoms with Gasteiger partial charge in [-0.1, -0.05) is 6.92 Å². The van der Waals surface area contributed by atoms with Gasteiger partial charge in [0.15, 0.2) is 0 Å². The molecule has 1 atom stereocenters. The molecule has 1 unspecified atom stereocenters. The third kappa shape index (κ3) is 3.38. The van der Waals surface area contributed by atoms with Gasteiger partial charge in [-0.2, -0.15) is 11.3 Å². The molecule has 90 valence electrons. The van der Waals surface area contributed by atoms with Crippen LogP contribution in [0.5, 0.6) is 0 Å². The Bertz CT molecular complexity index is 451.